The van der Waals surface area contributed by atoms with Gasteiger partial charge in [0.2, 0.25) is 11.8 Å². The molecular weight excluding hydrogens is 456 g/mol. The van der Waals surface area contributed by atoms with Crippen LogP contribution >= 0.6 is 11.3 Å². The number of anilines is 1. The molecule has 0 atom stereocenters. The first-order chi connectivity index (χ1) is 17.1. The third-order valence-corrected chi connectivity index (χ3v) is 7.34. The van der Waals surface area contributed by atoms with Gasteiger partial charge in [0.1, 0.15) is 5.00 Å². The summed E-state index contributed by atoms with van der Waals surface area (Å²) in [6.45, 7) is 1.19. The summed E-state index contributed by atoms with van der Waals surface area (Å²) in [6.07, 6.45) is 8.16. The van der Waals surface area contributed by atoms with Crippen LogP contribution in [-0.2, 0) is 29.0 Å². The van der Waals surface area contributed by atoms with Gasteiger partial charge in [-0.2, -0.15) is 0 Å². The molecule has 0 saturated heterocycles. The van der Waals surface area contributed by atoms with E-state index in [0.29, 0.717) is 19.5 Å². The molecule has 6 nitrogen and oxygen atoms in total. The van der Waals surface area contributed by atoms with Gasteiger partial charge in [-0.1, -0.05) is 48.5 Å². The van der Waals surface area contributed by atoms with E-state index < -0.39 is 0 Å². The van der Waals surface area contributed by atoms with Gasteiger partial charge in [-0.25, -0.2) is 0 Å². The Labute approximate surface area is 208 Å². The number of carbonyl (C=O) groups excluding carboxylic acids is 2. The number of hydrogen-bond acceptors (Lipinski definition) is 4. The molecule has 2 N–H and O–H groups in total. The van der Waals surface area contributed by atoms with Crippen molar-refractivity contribution in [3.63, 3.8) is 0 Å². The van der Waals surface area contributed by atoms with Crippen molar-refractivity contribution in [1.82, 2.24) is 9.88 Å². The minimum Gasteiger partial charge on any atom is -0.361 e. The van der Waals surface area contributed by atoms with Gasteiger partial charge in [-0.05, 0) is 35.3 Å². The number of nitrogens with zero attached hydrogens (tertiary/aromatic N) is 2. The number of nitrogens with one attached hydrogen (secondary N) is 2. The Kier molecular flexibility index (Phi) is 6.59. The van der Waals surface area contributed by atoms with Crippen molar-refractivity contribution in [2.75, 3.05) is 18.9 Å². The molecule has 4 aromatic rings. The summed E-state index contributed by atoms with van der Waals surface area (Å²) in [6, 6.07) is 17.7. The van der Waals surface area contributed by atoms with Gasteiger partial charge in [-0.3, -0.25) is 14.6 Å². The number of thiophene rings is 1. The Morgan fingerprint density at radius 2 is 1.94 bits per heavy atom. The molecule has 5 rings (SSSR count). The van der Waals surface area contributed by atoms with Crippen LogP contribution in [0.2, 0.25) is 0 Å². The number of aliphatic imine (C=N–C) groups is 1. The lowest BCUT2D eigenvalue weighted by atomic mass is 10.0. The van der Waals surface area contributed by atoms with Crippen molar-refractivity contribution in [2.24, 2.45) is 4.99 Å². The Hall–Kier alpha value is -3.97. The molecule has 3 heterocycles. The standard InChI is InChI=1S/C28H26N4O2S/c1-29-17-23-22-13-14-32(27(34)15-20-16-30-24-10-6-5-9-21(20)24)18-25(22)35-28(23)31-26(33)12-11-19-7-3-2-4-8-19/h2-12,16-17,30H,13-15,18H2,1H3,(H,31,33)/b12-11+,29-17?. The topological polar surface area (TPSA) is 77.6 Å². The summed E-state index contributed by atoms with van der Waals surface area (Å²) < 4.78 is 0. The zero-order valence-electron chi connectivity index (χ0n) is 19.5. The highest BCUT2D eigenvalue weighted by atomic mass is 32.1. The quantitative estimate of drug-likeness (QED) is 0.298. The fourth-order valence-electron chi connectivity index (χ4n) is 4.44. The maximum absolute atomic E-state index is 13.1. The summed E-state index contributed by atoms with van der Waals surface area (Å²) >= 11 is 1.53. The third kappa shape index (κ3) is 4.95. The van der Waals surface area contributed by atoms with Crippen LogP contribution in [0.5, 0.6) is 0 Å². The Morgan fingerprint density at radius 1 is 1.14 bits per heavy atom. The normalized spacial score (nSPS) is 13.6. The average Bonchev–Trinajstić information content (AvgIpc) is 3.44. The van der Waals surface area contributed by atoms with E-state index in [1.54, 1.807) is 19.3 Å². The van der Waals surface area contributed by atoms with E-state index in [1.165, 1.54) is 23.0 Å². The molecule has 2 amide bonds. The number of rotatable bonds is 6. The average molecular weight is 483 g/mol. The smallest absolute Gasteiger partial charge is 0.249 e. The molecule has 1 aliphatic heterocycles. The summed E-state index contributed by atoms with van der Waals surface area (Å²) in [4.78, 5) is 36.2. The lowest BCUT2D eigenvalue weighted by Gasteiger charge is -2.27. The van der Waals surface area contributed by atoms with Crippen LogP contribution in [0, 0.1) is 0 Å². The number of carbonyl (C=O) groups is 2. The third-order valence-electron chi connectivity index (χ3n) is 6.19. The summed E-state index contributed by atoms with van der Waals surface area (Å²) in [5.41, 5.74) is 5.13. The van der Waals surface area contributed by atoms with Crippen molar-refractivity contribution < 1.29 is 9.59 Å². The first kappa shape index (κ1) is 22.8. The molecule has 0 fully saturated rings. The highest BCUT2D eigenvalue weighted by Crippen LogP contribution is 2.36. The van der Waals surface area contributed by atoms with Crippen molar-refractivity contribution >= 4 is 51.3 Å². The molecule has 176 valence electrons. The van der Waals surface area contributed by atoms with Gasteiger partial charge < -0.3 is 15.2 Å². The van der Waals surface area contributed by atoms with Gasteiger partial charge in [0, 0.05) is 53.4 Å². The van der Waals surface area contributed by atoms with Crippen molar-refractivity contribution in [3.05, 3.63) is 94.0 Å². The van der Waals surface area contributed by atoms with Crippen LogP contribution in [-0.4, -0.2) is 41.5 Å². The first-order valence-corrected chi connectivity index (χ1v) is 12.4. The number of benzene rings is 2. The number of para-hydroxylation sites is 1. The maximum atomic E-state index is 13.1. The van der Waals surface area contributed by atoms with Gasteiger partial charge in [0.25, 0.3) is 0 Å². The van der Waals surface area contributed by atoms with Crippen LogP contribution in [0.15, 0.2) is 71.9 Å². The molecule has 7 heteroatoms. The van der Waals surface area contributed by atoms with E-state index >= 15 is 0 Å². The SMILES string of the molecule is CN=Cc1c(NC(=O)/C=C/c2ccccc2)sc2c1CCN(C(=O)Cc1c[nH]c3ccccc13)C2. The number of H-pyrrole nitrogens is 1. The van der Waals surface area contributed by atoms with E-state index in [4.69, 9.17) is 0 Å². The van der Waals surface area contributed by atoms with E-state index in [-0.39, 0.29) is 11.8 Å². The van der Waals surface area contributed by atoms with Gasteiger partial charge in [0.05, 0.1) is 13.0 Å². The Morgan fingerprint density at radius 3 is 2.77 bits per heavy atom. The van der Waals surface area contributed by atoms with E-state index in [0.717, 1.165) is 43.9 Å². The van der Waals surface area contributed by atoms with Gasteiger partial charge in [0.15, 0.2) is 0 Å². The molecular formula is C28H26N4O2S. The van der Waals surface area contributed by atoms with Gasteiger partial charge in [-0.15, -0.1) is 11.3 Å². The molecule has 0 spiro atoms. The Balaban J connectivity index is 1.31. The molecule has 1 aliphatic rings. The second-order valence-corrected chi connectivity index (χ2v) is 9.57. The number of fused-ring (bicyclic) bond motifs is 2. The minimum atomic E-state index is -0.189. The number of aromatic amines is 1. The second kappa shape index (κ2) is 10.1. The van der Waals surface area contributed by atoms with Crippen molar-refractivity contribution in [3.8, 4) is 0 Å². The highest BCUT2D eigenvalue weighted by molar-refractivity contribution is 7.17. The summed E-state index contributed by atoms with van der Waals surface area (Å²) in [7, 11) is 1.73. The largest absolute Gasteiger partial charge is 0.361 e. The molecule has 0 bridgehead atoms. The molecule has 0 aliphatic carbocycles. The number of aromatic nitrogens is 1. The van der Waals surface area contributed by atoms with Gasteiger partial charge >= 0.3 is 0 Å². The van der Waals surface area contributed by atoms with E-state index in [1.807, 2.05) is 65.7 Å². The van der Waals surface area contributed by atoms with Crippen molar-refractivity contribution in [1.29, 1.82) is 0 Å². The van der Waals surface area contributed by atoms with Crippen LogP contribution in [0.4, 0.5) is 5.00 Å². The molecule has 0 saturated carbocycles. The number of hydrogen-bond donors (Lipinski definition) is 2. The van der Waals surface area contributed by atoms with E-state index in [2.05, 4.69) is 15.3 Å². The predicted molar refractivity (Wildman–Crippen MR) is 143 cm³/mol. The Bertz CT molecular complexity index is 1430. The zero-order chi connectivity index (χ0) is 24.2. The lowest BCUT2D eigenvalue weighted by molar-refractivity contribution is -0.131. The number of amides is 2. The molecule has 2 aromatic carbocycles. The van der Waals surface area contributed by atoms with E-state index in [9.17, 15) is 9.59 Å². The zero-order valence-corrected chi connectivity index (χ0v) is 20.3. The molecule has 0 unspecified atom stereocenters. The van der Waals surface area contributed by atoms with Crippen LogP contribution < -0.4 is 5.32 Å². The molecule has 2 aromatic heterocycles. The lowest BCUT2D eigenvalue weighted by Crippen LogP contribution is -2.36. The maximum Gasteiger partial charge on any atom is 0.249 e. The van der Waals surface area contributed by atoms with Crippen molar-refractivity contribution in [2.45, 2.75) is 19.4 Å². The van der Waals surface area contributed by atoms with Crippen LogP contribution in [0.3, 0.4) is 0 Å². The molecule has 0 radical (unpaired) electrons. The predicted octanol–water partition coefficient (Wildman–Crippen LogP) is 5.06. The first-order valence-electron chi connectivity index (χ1n) is 11.6. The fourth-order valence-corrected chi connectivity index (χ4v) is 5.68. The monoisotopic (exact) mass is 482 g/mol. The summed E-state index contributed by atoms with van der Waals surface area (Å²) in [5, 5.41) is 4.88. The molecule has 35 heavy (non-hydrogen) atoms. The highest BCUT2D eigenvalue weighted by Gasteiger charge is 2.27. The fraction of sp³-hybridized carbons (Fsp3) is 0.179. The minimum absolute atomic E-state index is 0.107. The summed E-state index contributed by atoms with van der Waals surface area (Å²) in [5.74, 6) is -0.0821. The second-order valence-electron chi connectivity index (χ2n) is 8.47. The van der Waals surface area contributed by atoms with Crippen LogP contribution in [0.1, 0.15) is 27.1 Å². The van der Waals surface area contributed by atoms with Crippen LogP contribution in [0.25, 0.3) is 17.0 Å².